The van der Waals surface area contributed by atoms with E-state index in [2.05, 4.69) is 37.7 Å². The molecular weight excluding hydrogens is 208 g/mol. The lowest BCUT2D eigenvalue weighted by molar-refractivity contribution is 0.149. The monoisotopic (exact) mass is 238 g/mol. The highest BCUT2D eigenvalue weighted by Gasteiger charge is 2.24. The fraction of sp³-hybridized carbons (Fsp3) is 0.867. The molecule has 1 fully saturated rings. The van der Waals surface area contributed by atoms with Crippen molar-refractivity contribution in [1.29, 1.82) is 0 Å². The Kier molecular flexibility index (Phi) is 6.83. The van der Waals surface area contributed by atoms with Crippen LogP contribution < -0.4 is 5.32 Å². The Morgan fingerprint density at radius 2 is 2.06 bits per heavy atom. The summed E-state index contributed by atoms with van der Waals surface area (Å²) in [5, 5.41) is 3.43. The van der Waals surface area contributed by atoms with Gasteiger partial charge in [0.25, 0.3) is 0 Å². The third kappa shape index (κ3) is 5.22. The quantitative estimate of drug-likeness (QED) is 0.542. The summed E-state index contributed by atoms with van der Waals surface area (Å²) in [6.07, 6.45) is 6.79. The van der Waals surface area contributed by atoms with Crippen LogP contribution >= 0.6 is 0 Å². The van der Waals surface area contributed by atoms with Crippen LogP contribution in [0.5, 0.6) is 0 Å². The van der Waals surface area contributed by atoms with Crippen LogP contribution in [0.1, 0.15) is 46.0 Å². The second-order valence-electron chi connectivity index (χ2n) is 5.67. The lowest BCUT2D eigenvalue weighted by Crippen LogP contribution is -2.40. The van der Waals surface area contributed by atoms with Gasteiger partial charge in [0.05, 0.1) is 0 Å². The summed E-state index contributed by atoms with van der Waals surface area (Å²) < 4.78 is 0. The standard InChI is InChI=1S/C15H30N2/c1-5-10-16-11-13(2)12-17(4)15-9-7-6-8-14(15)3/h14-16H,2,5-12H2,1,3-4H3. The van der Waals surface area contributed by atoms with Gasteiger partial charge in [0.1, 0.15) is 0 Å². The number of hydrogen-bond donors (Lipinski definition) is 1. The van der Waals surface area contributed by atoms with Gasteiger partial charge in [0.15, 0.2) is 0 Å². The van der Waals surface area contributed by atoms with Crippen molar-refractivity contribution < 1.29 is 0 Å². The highest BCUT2D eigenvalue weighted by Crippen LogP contribution is 2.27. The van der Waals surface area contributed by atoms with Crippen LogP contribution in [0.3, 0.4) is 0 Å². The van der Waals surface area contributed by atoms with Crippen LogP contribution in [0.4, 0.5) is 0 Å². The zero-order chi connectivity index (χ0) is 12.7. The van der Waals surface area contributed by atoms with Gasteiger partial charge in [0, 0.05) is 19.1 Å². The van der Waals surface area contributed by atoms with Crippen LogP contribution in [0, 0.1) is 5.92 Å². The van der Waals surface area contributed by atoms with Crippen LogP contribution in [-0.2, 0) is 0 Å². The first-order chi connectivity index (χ1) is 8.15. The zero-order valence-corrected chi connectivity index (χ0v) is 12.0. The molecule has 17 heavy (non-hydrogen) atoms. The number of likely N-dealkylation sites (N-methyl/N-ethyl adjacent to an activating group) is 1. The Morgan fingerprint density at radius 3 is 2.71 bits per heavy atom. The molecular formula is C15H30N2. The van der Waals surface area contributed by atoms with Gasteiger partial charge in [-0.15, -0.1) is 0 Å². The second kappa shape index (κ2) is 7.88. The summed E-state index contributed by atoms with van der Waals surface area (Å²) in [5.41, 5.74) is 1.32. The molecule has 0 heterocycles. The molecule has 100 valence electrons. The van der Waals surface area contributed by atoms with Crippen molar-refractivity contribution in [2.24, 2.45) is 5.92 Å². The molecule has 1 N–H and O–H groups in total. The molecule has 0 saturated heterocycles. The van der Waals surface area contributed by atoms with E-state index >= 15 is 0 Å². The van der Waals surface area contributed by atoms with E-state index in [1.165, 1.54) is 37.7 Å². The summed E-state index contributed by atoms with van der Waals surface area (Å²) >= 11 is 0. The Bertz CT molecular complexity index is 225. The molecule has 1 rings (SSSR count). The summed E-state index contributed by atoms with van der Waals surface area (Å²) in [4.78, 5) is 2.51. The first-order valence-electron chi connectivity index (χ1n) is 7.22. The van der Waals surface area contributed by atoms with Crippen LogP contribution in [-0.4, -0.2) is 37.6 Å². The van der Waals surface area contributed by atoms with Gasteiger partial charge in [-0.3, -0.25) is 4.90 Å². The summed E-state index contributed by atoms with van der Waals surface area (Å²) in [7, 11) is 2.26. The SMILES string of the molecule is C=C(CNCCC)CN(C)C1CCCCC1C. The Labute approximate surface area is 107 Å². The normalized spacial score (nSPS) is 25.2. The lowest BCUT2D eigenvalue weighted by Gasteiger charge is -2.36. The molecule has 2 unspecified atom stereocenters. The number of hydrogen-bond acceptors (Lipinski definition) is 2. The van der Waals surface area contributed by atoms with E-state index in [-0.39, 0.29) is 0 Å². The van der Waals surface area contributed by atoms with Gasteiger partial charge in [-0.05, 0) is 44.3 Å². The maximum absolute atomic E-state index is 4.18. The molecule has 0 bridgehead atoms. The average molecular weight is 238 g/mol. The third-order valence-corrected chi connectivity index (χ3v) is 3.91. The molecule has 0 aromatic rings. The van der Waals surface area contributed by atoms with E-state index in [1.807, 2.05) is 0 Å². The van der Waals surface area contributed by atoms with Crippen molar-refractivity contribution in [1.82, 2.24) is 10.2 Å². The first-order valence-corrected chi connectivity index (χ1v) is 7.22. The van der Waals surface area contributed by atoms with Crippen LogP contribution in [0.2, 0.25) is 0 Å². The fourth-order valence-electron chi connectivity index (χ4n) is 2.92. The maximum atomic E-state index is 4.18. The average Bonchev–Trinajstić information content (AvgIpc) is 2.29. The van der Waals surface area contributed by atoms with E-state index in [9.17, 15) is 0 Å². The van der Waals surface area contributed by atoms with Gasteiger partial charge in [-0.2, -0.15) is 0 Å². The van der Waals surface area contributed by atoms with Crippen molar-refractivity contribution in [2.45, 2.75) is 52.0 Å². The molecule has 0 aromatic carbocycles. The molecule has 2 heteroatoms. The Balaban J connectivity index is 2.26. The van der Waals surface area contributed by atoms with Crippen molar-refractivity contribution in [2.75, 3.05) is 26.7 Å². The van der Waals surface area contributed by atoms with E-state index in [0.717, 1.165) is 31.6 Å². The van der Waals surface area contributed by atoms with Gasteiger partial charge in [0.2, 0.25) is 0 Å². The highest BCUT2D eigenvalue weighted by molar-refractivity contribution is 5.00. The van der Waals surface area contributed by atoms with Crippen LogP contribution in [0.25, 0.3) is 0 Å². The Hall–Kier alpha value is -0.340. The van der Waals surface area contributed by atoms with Crippen molar-refractivity contribution in [3.63, 3.8) is 0 Å². The summed E-state index contributed by atoms with van der Waals surface area (Å²) in [6, 6.07) is 0.770. The van der Waals surface area contributed by atoms with Gasteiger partial charge in [-0.25, -0.2) is 0 Å². The number of nitrogens with one attached hydrogen (secondary N) is 1. The molecule has 0 spiro atoms. The minimum atomic E-state index is 0.770. The summed E-state index contributed by atoms with van der Waals surface area (Å²) in [5.74, 6) is 0.852. The predicted octanol–water partition coefficient (Wildman–Crippen LogP) is 3.05. The summed E-state index contributed by atoms with van der Waals surface area (Å²) in [6.45, 7) is 11.9. The van der Waals surface area contributed by atoms with E-state index in [4.69, 9.17) is 0 Å². The van der Waals surface area contributed by atoms with Crippen LogP contribution in [0.15, 0.2) is 12.2 Å². The third-order valence-electron chi connectivity index (χ3n) is 3.91. The predicted molar refractivity (Wildman–Crippen MR) is 76.4 cm³/mol. The number of rotatable bonds is 7. The molecule has 2 nitrogen and oxygen atoms in total. The number of nitrogens with zero attached hydrogens (tertiary/aromatic N) is 1. The Morgan fingerprint density at radius 1 is 1.35 bits per heavy atom. The van der Waals surface area contributed by atoms with Crippen molar-refractivity contribution in [3.8, 4) is 0 Å². The highest BCUT2D eigenvalue weighted by atomic mass is 15.1. The molecule has 0 aliphatic heterocycles. The van der Waals surface area contributed by atoms with Crippen molar-refractivity contribution >= 4 is 0 Å². The fourth-order valence-corrected chi connectivity index (χ4v) is 2.92. The van der Waals surface area contributed by atoms with Gasteiger partial charge >= 0.3 is 0 Å². The topological polar surface area (TPSA) is 15.3 Å². The van der Waals surface area contributed by atoms with E-state index in [0.29, 0.717) is 0 Å². The minimum Gasteiger partial charge on any atom is -0.313 e. The van der Waals surface area contributed by atoms with E-state index in [1.54, 1.807) is 0 Å². The molecule has 0 aromatic heterocycles. The maximum Gasteiger partial charge on any atom is 0.0202 e. The second-order valence-corrected chi connectivity index (χ2v) is 5.67. The largest absolute Gasteiger partial charge is 0.313 e. The molecule has 0 amide bonds. The molecule has 1 aliphatic carbocycles. The minimum absolute atomic E-state index is 0.770. The molecule has 2 atom stereocenters. The van der Waals surface area contributed by atoms with Crippen molar-refractivity contribution in [3.05, 3.63) is 12.2 Å². The lowest BCUT2D eigenvalue weighted by atomic mass is 9.85. The molecule has 1 saturated carbocycles. The molecule has 0 radical (unpaired) electrons. The zero-order valence-electron chi connectivity index (χ0n) is 12.0. The van der Waals surface area contributed by atoms with E-state index < -0.39 is 0 Å². The first kappa shape index (κ1) is 14.7. The van der Waals surface area contributed by atoms with Gasteiger partial charge in [-0.1, -0.05) is 33.3 Å². The smallest absolute Gasteiger partial charge is 0.0202 e. The van der Waals surface area contributed by atoms with Gasteiger partial charge < -0.3 is 5.32 Å². The molecule has 1 aliphatic rings.